The predicted octanol–water partition coefficient (Wildman–Crippen LogP) is 4.68. The summed E-state index contributed by atoms with van der Waals surface area (Å²) in [5, 5.41) is 3.52. The van der Waals surface area contributed by atoms with Crippen LogP contribution in [-0.4, -0.2) is 11.6 Å². The van der Waals surface area contributed by atoms with Crippen molar-refractivity contribution in [1.82, 2.24) is 5.32 Å². The third kappa shape index (κ3) is 5.54. The predicted molar refractivity (Wildman–Crippen MR) is 85.2 cm³/mol. The molecule has 0 spiro atoms. The second-order valence-electron chi connectivity index (χ2n) is 6.98. The minimum absolute atomic E-state index is 0.151. The van der Waals surface area contributed by atoms with Gasteiger partial charge in [-0.25, -0.2) is 0 Å². The molecule has 0 bridgehead atoms. The van der Waals surface area contributed by atoms with Gasteiger partial charge in [-0.05, 0) is 64.2 Å². The van der Waals surface area contributed by atoms with E-state index in [-0.39, 0.29) is 5.54 Å². The molecule has 112 valence electrons. The molecule has 2 heteroatoms. The first-order chi connectivity index (χ1) is 9.53. The summed E-state index contributed by atoms with van der Waals surface area (Å²) >= 11 is 0. The summed E-state index contributed by atoms with van der Waals surface area (Å²) in [6, 6.07) is 8.54. The van der Waals surface area contributed by atoms with E-state index >= 15 is 0 Å². The van der Waals surface area contributed by atoms with Crippen molar-refractivity contribution in [3.8, 4) is 5.75 Å². The fraction of sp³-hybridized carbons (Fsp3) is 0.667. The fourth-order valence-corrected chi connectivity index (χ4v) is 2.65. The number of ether oxygens (including phenoxy) is 1. The van der Waals surface area contributed by atoms with Gasteiger partial charge in [0.15, 0.2) is 0 Å². The van der Waals surface area contributed by atoms with E-state index in [1.165, 1.54) is 44.1 Å². The van der Waals surface area contributed by atoms with E-state index in [9.17, 15) is 0 Å². The van der Waals surface area contributed by atoms with E-state index in [2.05, 4.69) is 50.4 Å². The molecule has 0 saturated heterocycles. The molecule has 1 aliphatic carbocycles. The van der Waals surface area contributed by atoms with E-state index in [4.69, 9.17) is 4.74 Å². The first-order valence-corrected chi connectivity index (χ1v) is 8.03. The minimum atomic E-state index is 0.151. The SMILES string of the molecule is CC(C)(C)NCc1cccc(OC2CCCCCC2)c1. The standard InChI is InChI=1S/C18H29NO/c1-18(2,3)19-14-15-9-8-12-17(13-15)20-16-10-6-4-5-7-11-16/h8-9,12-13,16,19H,4-7,10-11,14H2,1-3H3. The molecule has 0 heterocycles. The fourth-order valence-electron chi connectivity index (χ4n) is 2.65. The molecule has 2 rings (SSSR count). The van der Waals surface area contributed by atoms with Crippen LogP contribution in [-0.2, 0) is 6.54 Å². The van der Waals surface area contributed by atoms with Gasteiger partial charge in [0.05, 0.1) is 6.10 Å². The highest BCUT2D eigenvalue weighted by atomic mass is 16.5. The van der Waals surface area contributed by atoms with Gasteiger partial charge in [0.1, 0.15) is 5.75 Å². The molecule has 0 radical (unpaired) electrons. The monoisotopic (exact) mass is 275 g/mol. The van der Waals surface area contributed by atoms with Crippen LogP contribution in [0.5, 0.6) is 5.75 Å². The molecule has 1 fully saturated rings. The molecule has 0 unspecified atom stereocenters. The molecule has 1 aromatic carbocycles. The zero-order valence-electron chi connectivity index (χ0n) is 13.2. The second kappa shape index (κ2) is 7.12. The summed E-state index contributed by atoms with van der Waals surface area (Å²) in [6.07, 6.45) is 8.22. The zero-order chi connectivity index (χ0) is 14.4. The third-order valence-corrected chi connectivity index (χ3v) is 3.83. The Bertz CT molecular complexity index is 400. The van der Waals surface area contributed by atoms with Crippen molar-refractivity contribution in [2.75, 3.05) is 0 Å². The molecule has 20 heavy (non-hydrogen) atoms. The van der Waals surface area contributed by atoms with Crippen LogP contribution in [0.15, 0.2) is 24.3 Å². The van der Waals surface area contributed by atoms with Gasteiger partial charge in [0.2, 0.25) is 0 Å². The number of rotatable bonds is 4. The van der Waals surface area contributed by atoms with Gasteiger partial charge in [-0.3, -0.25) is 0 Å². The largest absolute Gasteiger partial charge is 0.490 e. The molecular formula is C18H29NO. The lowest BCUT2D eigenvalue weighted by molar-refractivity contribution is 0.183. The number of hydrogen-bond acceptors (Lipinski definition) is 2. The van der Waals surface area contributed by atoms with Crippen molar-refractivity contribution in [2.45, 2.75) is 77.5 Å². The average molecular weight is 275 g/mol. The Morgan fingerprint density at radius 1 is 1.10 bits per heavy atom. The van der Waals surface area contributed by atoms with Crippen molar-refractivity contribution in [3.63, 3.8) is 0 Å². The lowest BCUT2D eigenvalue weighted by Gasteiger charge is -2.21. The smallest absolute Gasteiger partial charge is 0.120 e. The van der Waals surface area contributed by atoms with Gasteiger partial charge in [0, 0.05) is 12.1 Å². The van der Waals surface area contributed by atoms with Crippen LogP contribution in [0.3, 0.4) is 0 Å². The Morgan fingerprint density at radius 2 is 1.80 bits per heavy atom. The normalized spacial score (nSPS) is 17.8. The number of nitrogens with one attached hydrogen (secondary N) is 1. The second-order valence-corrected chi connectivity index (χ2v) is 6.98. The lowest BCUT2D eigenvalue weighted by atomic mass is 10.1. The molecular weight excluding hydrogens is 246 g/mol. The van der Waals surface area contributed by atoms with Crippen LogP contribution in [0, 0.1) is 0 Å². The van der Waals surface area contributed by atoms with Gasteiger partial charge in [-0.15, -0.1) is 0 Å². The van der Waals surface area contributed by atoms with Crippen molar-refractivity contribution in [1.29, 1.82) is 0 Å². The van der Waals surface area contributed by atoms with Crippen LogP contribution in [0.1, 0.15) is 64.9 Å². The van der Waals surface area contributed by atoms with Crippen LogP contribution >= 0.6 is 0 Å². The molecule has 0 amide bonds. The van der Waals surface area contributed by atoms with Crippen LogP contribution in [0.25, 0.3) is 0 Å². The first-order valence-electron chi connectivity index (χ1n) is 8.03. The molecule has 0 aromatic heterocycles. The Hall–Kier alpha value is -1.02. The third-order valence-electron chi connectivity index (χ3n) is 3.83. The van der Waals surface area contributed by atoms with E-state index in [0.29, 0.717) is 6.10 Å². The van der Waals surface area contributed by atoms with E-state index in [1.807, 2.05) is 0 Å². The zero-order valence-corrected chi connectivity index (χ0v) is 13.2. The Morgan fingerprint density at radius 3 is 2.45 bits per heavy atom. The molecule has 0 atom stereocenters. The van der Waals surface area contributed by atoms with Crippen LogP contribution < -0.4 is 10.1 Å². The maximum atomic E-state index is 6.18. The highest BCUT2D eigenvalue weighted by molar-refractivity contribution is 5.28. The van der Waals surface area contributed by atoms with E-state index in [1.54, 1.807) is 0 Å². The number of hydrogen-bond donors (Lipinski definition) is 1. The summed E-state index contributed by atoms with van der Waals surface area (Å²) in [5.41, 5.74) is 1.45. The van der Waals surface area contributed by atoms with Gasteiger partial charge >= 0.3 is 0 Å². The van der Waals surface area contributed by atoms with Crippen molar-refractivity contribution < 1.29 is 4.74 Å². The van der Waals surface area contributed by atoms with Crippen LogP contribution in [0.2, 0.25) is 0 Å². The molecule has 1 aliphatic rings. The lowest BCUT2D eigenvalue weighted by Crippen LogP contribution is -2.35. The van der Waals surface area contributed by atoms with Gasteiger partial charge in [-0.2, -0.15) is 0 Å². The van der Waals surface area contributed by atoms with E-state index < -0.39 is 0 Å². The minimum Gasteiger partial charge on any atom is -0.490 e. The highest BCUT2D eigenvalue weighted by Gasteiger charge is 2.14. The average Bonchev–Trinajstić information content (AvgIpc) is 2.65. The Balaban J connectivity index is 1.91. The van der Waals surface area contributed by atoms with Gasteiger partial charge < -0.3 is 10.1 Å². The number of benzene rings is 1. The first kappa shape index (κ1) is 15.4. The molecule has 2 nitrogen and oxygen atoms in total. The summed E-state index contributed by atoms with van der Waals surface area (Å²) in [5.74, 6) is 1.03. The summed E-state index contributed by atoms with van der Waals surface area (Å²) in [6.45, 7) is 7.47. The van der Waals surface area contributed by atoms with Gasteiger partial charge in [-0.1, -0.05) is 25.0 Å². The Kier molecular flexibility index (Phi) is 5.47. The van der Waals surface area contributed by atoms with Crippen molar-refractivity contribution in [3.05, 3.63) is 29.8 Å². The van der Waals surface area contributed by atoms with Crippen molar-refractivity contribution >= 4 is 0 Å². The topological polar surface area (TPSA) is 21.3 Å². The summed E-state index contributed by atoms with van der Waals surface area (Å²) < 4.78 is 6.18. The molecule has 1 saturated carbocycles. The van der Waals surface area contributed by atoms with Gasteiger partial charge in [0.25, 0.3) is 0 Å². The molecule has 0 aliphatic heterocycles. The molecule has 1 aromatic rings. The maximum Gasteiger partial charge on any atom is 0.120 e. The Labute approximate surface area is 123 Å². The van der Waals surface area contributed by atoms with E-state index in [0.717, 1.165) is 12.3 Å². The summed E-state index contributed by atoms with van der Waals surface area (Å²) in [4.78, 5) is 0. The summed E-state index contributed by atoms with van der Waals surface area (Å²) in [7, 11) is 0. The quantitative estimate of drug-likeness (QED) is 0.806. The highest BCUT2D eigenvalue weighted by Crippen LogP contribution is 2.23. The van der Waals surface area contributed by atoms with Crippen molar-refractivity contribution in [2.24, 2.45) is 0 Å². The maximum absolute atomic E-state index is 6.18. The molecule has 1 N–H and O–H groups in total. The van der Waals surface area contributed by atoms with Crippen LogP contribution in [0.4, 0.5) is 0 Å².